The molecule has 0 radical (unpaired) electrons. The predicted octanol–water partition coefficient (Wildman–Crippen LogP) is 1.57. The van der Waals surface area contributed by atoms with Gasteiger partial charge in [-0.05, 0) is 12.8 Å². The predicted molar refractivity (Wildman–Crippen MR) is 59.4 cm³/mol. The molecule has 90 valence electrons. The minimum absolute atomic E-state index is 0.123. The Bertz CT molecular complexity index is 339. The summed E-state index contributed by atoms with van der Waals surface area (Å²) in [4.78, 5) is 15.2. The van der Waals surface area contributed by atoms with E-state index in [-0.39, 0.29) is 18.2 Å². The first-order chi connectivity index (χ1) is 7.67. The lowest BCUT2D eigenvalue weighted by Gasteiger charge is -2.03. The lowest BCUT2D eigenvalue weighted by atomic mass is 10.2. The summed E-state index contributed by atoms with van der Waals surface area (Å²) in [7, 11) is 0. The summed E-state index contributed by atoms with van der Waals surface area (Å²) in [5.74, 6) is 0.385. The molecule has 0 saturated heterocycles. The Morgan fingerprint density at radius 1 is 1.75 bits per heavy atom. The van der Waals surface area contributed by atoms with Crippen LogP contribution in [0.2, 0.25) is 0 Å². The molecule has 1 rings (SSSR count). The molecule has 6 heteroatoms. The first kappa shape index (κ1) is 13.1. The number of ether oxygens (including phenoxy) is 1. The van der Waals surface area contributed by atoms with Crippen molar-refractivity contribution in [2.75, 3.05) is 19.0 Å². The Labute approximate surface area is 98.2 Å². The van der Waals surface area contributed by atoms with Crippen LogP contribution in [0.25, 0.3) is 0 Å². The van der Waals surface area contributed by atoms with Crippen molar-refractivity contribution in [2.45, 2.75) is 19.1 Å². The maximum Gasteiger partial charge on any atom is 0.360 e. The quantitative estimate of drug-likeness (QED) is 0.606. The first-order valence-corrected chi connectivity index (χ1v) is 6.02. The van der Waals surface area contributed by atoms with Gasteiger partial charge in [-0.25, -0.2) is 4.79 Å². The van der Waals surface area contributed by atoms with Crippen LogP contribution in [0, 0.1) is 5.92 Å². The second-order valence-corrected chi connectivity index (χ2v) is 4.29. The molecular weight excluding hydrogens is 230 g/mol. The van der Waals surface area contributed by atoms with Gasteiger partial charge in [0, 0.05) is 12.4 Å². The van der Waals surface area contributed by atoms with Gasteiger partial charge in [0.2, 0.25) is 0 Å². The Kier molecular flexibility index (Phi) is 5.34. The number of rotatable bonds is 6. The highest BCUT2D eigenvalue weighted by Gasteiger charge is 2.13. The highest BCUT2D eigenvalue weighted by Crippen LogP contribution is 2.20. The van der Waals surface area contributed by atoms with Gasteiger partial charge < -0.3 is 14.3 Å². The van der Waals surface area contributed by atoms with Crippen molar-refractivity contribution in [3.63, 3.8) is 0 Å². The van der Waals surface area contributed by atoms with Crippen LogP contribution in [0.5, 0.6) is 0 Å². The molecule has 0 aliphatic heterocycles. The number of oxazole rings is 1. The molecule has 1 heterocycles. The van der Waals surface area contributed by atoms with Crippen LogP contribution in [-0.2, 0) is 4.74 Å². The number of nitrogens with zero attached hydrogens (tertiary/aromatic N) is 1. The fourth-order valence-corrected chi connectivity index (χ4v) is 1.70. The Morgan fingerprint density at radius 3 is 3.12 bits per heavy atom. The Morgan fingerprint density at radius 2 is 2.50 bits per heavy atom. The van der Waals surface area contributed by atoms with Gasteiger partial charge in [0.1, 0.15) is 6.26 Å². The maximum absolute atomic E-state index is 11.3. The number of hydrogen-bond acceptors (Lipinski definition) is 6. The average molecular weight is 245 g/mol. The highest BCUT2D eigenvalue weighted by molar-refractivity contribution is 7.99. The van der Waals surface area contributed by atoms with E-state index in [9.17, 15) is 4.79 Å². The number of esters is 1. The smallest absolute Gasteiger partial charge is 0.360 e. The topological polar surface area (TPSA) is 72.6 Å². The van der Waals surface area contributed by atoms with Gasteiger partial charge in [-0.3, -0.25) is 0 Å². The second-order valence-electron chi connectivity index (χ2n) is 3.32. The van der Waals surface area contributed by atoms with E-state index in [1.807, 2.05) is 6.92 Å². The Balaban J connectivity index is 2.48. The largest absolute Gasteiger partial charge is 0.461 e. The third-order valence-electron chi connectivity index (χ3n) is 1.77. The zero-order chi connectivity index (χ0) is 12.0. The van der Waals surface area contributed by atoms with Crippen LogP contribution >= 0.6 is 11.8 Å². The molecule has 16 heavy (non-hydrogen) atoms. The first-order valence-electron chi connectivity index (χ1n) is 5.03. The number of aliphatic hydroxyl groups excluding tert-OH is 1. The molecule has 1 aromatic heterocycles. The molecule has 0 aliphatic carbocycles. The van der Waals surface area contributed by atoms with Crippen molar-refractivity contribution in [3.8, 4) is 0 Å². The van der Waals surface area contributed by atoms with Crippen LogP contribution in [-0.4, -0.2) is 35.0 Å². The van der Waals surface area contributed by atoms with Crippen LogP contribution in [0.3, 0.4) is 0 Å². The standard InChI is InChI=1S/C10H15NO4S/c1-3-14-9(13)8-5-15-10(11-8)16-6-7(2)4-12/h5,7,12H,3-4,6H2,1-2H3. The van der Waals surface area contributed by atoms with Crippen molar-refractivity contribution in [1.29, 1.82) is 0 Å². The molecule has 1 N–H and O–H groups in total. The van der Waals surface area contributed by atoms with E-state index in [1.54, 1.807) is 6.92 Å². The number of aliphatic hydroxyl groups is 1. The second kappa shape index (κ2) is 6.55. The van der Waals surface area contributed by atoms with Crippen LogP contribution < -0.4 is 0 Å². The number of hydrogen-bond donors (Lipinski definition) is 1. The van der Waals surface area contributed by atoms with Crippen molar-refractivity contribution in [1.82, 2.24) is 4.98 Å². The van der Waals surface area contributed by atoms with E-state index in [1.165, 1.54) is 18.0 Å². The van der Waals surface area contributed by atoms with E-state index in [0.717, 1.165) is 0 Å². The van der Waals surface area contributed by atoms with Gasteiger partial charge in [-0.15, -0.1) is 0 Å². The lowest BCUT2D eigenvalue weighted by molar-refractivity contribution is 0.0519. The molecule has 1 unspecified atom stereocenters. The summed E-state index contributed by atoms with van der Waals surface area (Å²) in [5, 5.41) is 9.26. The summed E-state index contributed by atoms with van der Waals surface area (Å²) >= 11 is 1.36. The van der Waals surface area contributed by atoms with E-state index in [2.05, 4.69) is 4.98 Å². The molecular formula is C10H15NO4S. The van der Waals surface area contributed by atoms with E-state index >= 15 is 0 Å². The number of carbonyl (C=O) groups excluding carboxylic acids is 1. The molecule has 0 aliphatic rings. The van der Waals surface area contributed by atoms with Gasteiger partial charge in [0.05, 0.1) is 6.61 Å². The zero-order valence-electron chi connectivity index (χ0n) is 9.30. The Hall–Kier alpha value is -1.01. The van der Waals surface area contributed by atoms with Gasteiger partial charge in [-0.2, -0.15) is 4.98 Å². The van der Waals surface area contributed by atoms with Gasteiger partial charge in [-0.1, -0.05) is 18.7 Å². The van der Waals surface area contributed by atoms with Crippen molar-refractivity contribution < 1.29 is 19.1 Å². The fraction of sp³-hybridized carbons (Fsp3) is 0.600. The van der Waals surface area contributed by atoms with E-state index in [0.29, 0.717) is 17.6 Å². The monoisotopic (exact) mass is 245 g/mol. The van der Waals surface area contributed by atoms with Crippen molar-refractivity contribution >= 4 is 17.7 Å². The fourth-order valence-electron chi connectivity index (χ4n) is 0.889. The molecule has 5 nitrogen and oxygen atoms in total. The molecule has 0 aromatic carbocycles. The number of carbonyl (C=O) groups is 1. The van der Waals surface area contributed by atoms with Gasteiger partial charge in [0.15, 0.2) is 5.69 Å². The van der Waals surface area contributed by atoms with Gasteiger partial charge in [0.25, 0.3) is 5.22 Å². The SMILES string of the molecule is CCOC(=O)c1coc(SCC(C)CO)n1. The summed E-state index contributed by atoms with van der Waals surface area (Å²) in [6, 6.07) is 0. The average Bonchev–Trinajstić information content (AvgIpc) is 2.75. The number of thioether (sulfide) groups is 1. The van der Waals surface area contributed by atoms with Gasteiger partial charge >= 0.3 is 5.97 Å². The van der Waals surface area contributed by atoms with Crippen LogP contribution in [0.1, 0.15) is 24.3 Å². The normalized spacial score (nSPS) is 12.4. The van der Waals surface area contributed by atoms with Crippen LogP contribution in [0.15, 0.2) is 15.9 Å². The highest BCUT2D eigenvalue weighted by atomic mass is 32.2. The minimum atomic E-state index is -0.478. The summed E-state index contributed by atoms with van der Waals surface area (Å²) in [5.41, 5.74) is 0.181. The molecule has 0 bridgehead atoms. The van der Waals surface area contributed by atoms with Crippen LogP contribution in [0.4, 0.5) is 0 Å². The maximum atomic E-state index is 11.3. The zero-order valence-corrected chi connectivity index (χ0v) is 10.1. The molecule has 1 atom stereocenters. The number of aromatic nitrogens is 1. The van der Waals surface area contributed by atoms with Crippen molar-refractivity contribution in [2.24, 2.45) is 5.92 Å². The van der Waals surface area contributed by atoms with Crippen molar-refractivity contribution in [3.05, 3.63) is 12.0 Å². The molecule has 1 aromatic rings. The molecule has 0 amide bonds. The molecule has 0 spiro atoms. The molecule has 0 fully saturated rings. The van der Waals surface area contributed by atoms with E-state index < -0.39 is 5.97 Å². The summed E-state index contributed by atoms with van der Waals surface area (Å²) < 4.78 is 9.87. The third-order valence-corrected chi connectivity index (χ3v) is 2.94. The third kappa shape index (κ3) is 3.86. The minimum Gasteiger partial charge on any atom is -0.461 e. The summed E-state index contributed by atoms with van der Waals surface area (Å²) in [6.45, 7) is 4.09. The molecule has 0 saturated carbocycles. The van der Waals surface area contributed by atoms with E-state index in [4.69, 9.17) is 14.3 Å². The summed E-state index contributed by atoms with van der Waals surface area (Å²) in [6.07, 6.45) is 1.28. The lowest BCUT2D eigenvalue weighted by Crippen LogP contribution is -2.05.